The molecule has 0 unspecified atom stereocenters. The Bertz CT molecular complexity index is 611. The molecule has 1 saturated heterocycles. The molecule has 0 bridgehead atoms. The van der Waals surface area contributed by atoms with E-state index in [9.17, 15) is 4.79 Å². The molecule has 2 rings (SSSR count). The van der Waals surface area contributed by atoms with Gasteiger partial charge in [0.25, 0.3) is 5.91 Å². The van der Waals surface area contributed by atoms with Crippen molar-refractivity contribution in [3.8, 4) is 0 Å². The summed E-state index contributed by atoms with van der Waals surface area (Å²) >= 11 is 6.77. The van der Waals surface area contributed by atoms with Crippen molar-refractivity contribution in [1.29, 1.82) is 0 Å². The van der Waals surface area contributed by atoms with E-state index in [0.29, 0.717) is 4.32 Å². The van der Waals surface area contributed by atoms with Crippen molar-refractivity contribution in [3.05, 3.63) is 40.3 Å². The van der Waals surface area contributed by atoms with E-state index in [0.717, 1.165) is 36.3 Å². The lowest BCUT2D eigenvalue weighted by molar-refractivity contribution is -0.122. The Morgan fingerprint density at radius 1 is 1.17 bits per heavy atom. The van der Waals surface area contributed by atoms with Crippen molar-refractivity contribution < 1.29 is 4.79 Å². The lowest BCUT2D eigenvalue weighted by Crippen LogP contribution is -2.28. The van der Waals surface area contributed by atoms with Crippen LogP contribution in [-0.2, 0) is 10.2 Å². The van der Waals surface area contributed by atoms with Crippen LogP contribution in [0, 0.1) is 0 Å². The quantitative estimate of drug-likeness (QED) is 0.405. The molecular formula is C19H25NOS2. The third-order valence-electron chi connectivity index (χ3n) is 3.93. The van der Waals surface area contributed by atoms with Crippen LogP contribution in [0.4, 0.5) is 0 Å². The number of carbonyl (C=O) groups excluding carboxylic acids is 1. The van der Waals surface area contributed by atoms with Gasteiger partial charge in [-0.05, 0) is 29.0 Å². The number of hydrogen-bond donors (Lipinski definition) is 0. The van der Waals surface area contributed by atoms with Gasteiger partial charge in [0.1, 0.15) is 4.32 Å². The SMILES string of the molecule is CCCCCN1C(=O)C(=Cc2ccc(C(C)(C)C)cc2)SC1=S. The summed E-state index contributed by atoms with van der Waals surface area (Å²) < 4.78 is 0.684. The lowest BCUT2D eigenvalue weighted by Gasteiger charge is -2.18. The van der Waals surface area contributed by atoms with Crippen LogP contribution in [0.2, 0.25) is 0 Å². The van der Waals surface area contributed by atoms with E-state index in [1.807, 2.05) is 6.08 Å². The molecule has 0 spiro atoms. The van der Waals surface area contributed by atoms with Gasteiger partial charge < -0.3 is 0 Å². The van der Waals surface area contributed by atoms with Gasteiger partial charge in [-0.25, -0.2) is 0 Å². The fourth-order valence-corrected chi connectivity index (χ4v) is 3.75. The second kappa shape index (κ2) is 7.63. The molecule has 1 aromatic carbocycles. The predicted molar refractivity (Wildman–Crippen MR) is 105 cm³/mol. The Morgan fingerprint density at radius 2 is 1.83 bits per heavy atom. The number of hydrogen-bond acceptors (Lipinski definition) is 3. The number of carbonyl (C=O) groups is 1. The molecule has 0 aliphatic carbocycles. The molecule has 0 radical (unpaired) electrons. The zero-order valence-electron chi connectivity index (χ0n) is 14.4. The third-order valence-corrected chi connectivity index (χ3v) is 5.31. The molecule has 1 amide bonds. The van der Waals surface area contributed by atoms with Crippen molar-refractivity contribution in [3.63, 3.8) is 0 Å². The molecule has 1 aliphatic rings. The average molecular weight is 348 g/mol. The first-order valence-corrected chi connectivity index (χ1v) is 9.41. The zero-order chi connectivity index (χ0) is 17.0. The molecule has 1 aromatic rings. The number of nitrogens with zero attached hydrogens (tertiary/aromatic N) is 1. The van der Waals surface area contributed by atoms with Crippen LogP contribution < -0.4 is 0 Å². The Labute approximate surface area is 149 Å². The summed E-state index contributed by atoms with van der Waals surface area (Å²) in [5, 5.41) is 0. The Morgan fingerprint density at radius 3 is 2.39 bits per heavy atom. The molecule has 1 aliphatic heterocycles. The summed E-state index contributed by atoms with van der Waals surface area (Å²) in [5.41, 5.74) is 2.48. The number of thiocarbonyl (C=S) groups is 1. The first-order valence-electron chi connectivity index (χ1n) is 8.19. The molecule has 23 heavy (non-hydrogen) atoms. The van der Waals surface area contributed by atoms with Crippen LogP contribution in [0.5, 0.6) is 0 Å². The standard InChI is InChI=1S/C19H25NOS2/c1-5-6-7-12-20-17(21)16(23-18(20)22)13-14-8-10-15(11-9-14)19(2,3)4/h8-11,13H,5-7,12H2,1-4H3. The van der Waals surface area contributed by atoms with Gasteiger partial charge in [0.15, 0.2) is 0 Å². The summed E-state index contributed by atoms with van der Waals surface area (Å²) in [7, 11) is 0. The van der Waals surface area contributed by atoms with Gasteiger partial charge in [-0.1, -0.05) is 88.8 Å². The molecular weight excluding hydrogens is 322 g/mol. The molecule has 124 valence electrons. The Hall–Kier alpha value is -1.13. The normalized spacial score (nSPS) is 17.4. The first kappa shape index (κ1) is 18.2. The summed E-state index contributed by atoms with van der Waals surface area (Å²) in [4.78, 5) is 15.0. The number of unbranched alkanes of at least 4 members (excludes halogenated alkanes) is 2. The highest BCUT2D eigenvalue weighted by Crippen LogP contribution is 2.33. The van der Waals surface area contributed by atoms with Gasteiger partial charge in [0, 0.05) is 6.54 Å². The highest BCUT2D eigenvalue weighted by molar-refractivity contribution is 8.26. The van der Waals surface area contributed by atoms with E-state index < -0.39 is 0 Å². The van der Waals surface area contributed by atoms with Crippen LogP contribution in [0.1, 0.15) is 58.1 Å². The predicted octanol–water partition coefficient (Wildman–Crippen LogP) is 5.38. The van der Waals surface area contributed by atoms with Crippen molar-refractivity contribution in [2.24, 2.45) is 0 Å². The van der Waals surface area contributed by atoms with Crippen molar-refractivity contribution in [2.75, 3.05) is 6.54 Å². The van der Waals surface area contributed by atoms with E-state index in [1.165, 1.54) is 17.3 Å². The minimum absolute atomic E-state index is 0.0519. The Balaban J connectivity index is 2.11. The van der Waals surface area contributed by atoms with E-state index in [2.05, 4.69) is 52.0 Å². The first-order chi connectivity index (χ1) is 10.8. The Kier molecular flexibility index (Phi) is 6.04. The summed E-state index contributed by atoms with van der Waals surface area (Å²) in [6.45, 7) is 9.49. The summed E-state index contributed by atoms with van der Waals surface area (Å²) in [6.07, 6.45) is 5.23. The molecule has 4 heteroatoms. The van der Waals surface area contributed by atoms with E-state index >= 15 is 0 Å². The topological polar surface area (TPSA) is 20.3 Å². The molecule has 0 N–H and O–H groups in total. The number of thioether (sulfide) groups is 1. The fourth-order valence-electron chi connectivity index (χ4n) is 2.44. The monoisotopic (exact) mass is 347 g/mol. The van der Waals surface area contributed by atoms with E-state index in [1.54, 1.807) is 4.90 Å². The van der Waals surface area contributed by atoms with Gasteiger partial charge in [0.05, 0.1) is 4.91 Å². The summed E-state index contributed by atoms with van der Waals surface area (Å²) in [6, 6.07) is 8.41. The number of amides is 1. The molecule has 0 saturated carbocycles. The fraction of sp³-hybridized carbons (Fsp3) is 0.474. The molecule has 0 aromatic heterocycles. The largest absolute Gasteiger partial charge is 0.293 e. The van der Waals surface area contributed by atoms with E-state index in [4.69, 9.17) is 12.2 Å². The highest BCUT2D eigenvalue weighted by Gasteiger charge is 2.31. The third kappa shape index (κ3) is 4.67. The zero-order valence-corrected chi connectivity index (χ0v) is 16.0. The van der Waals surface area contributed by atoms with Gasteiger partial charge in [-0.2, -0.15) is 0 Å². The van der Waals surface area contributed by atoms with Gasteiger partial charge in [0.2, 0.25) is 0 Å². The van der Waals surface area contributed by atoms with Crippen molar-refractivity contribution in [1.82, 2.24) is 4.90 Å². The van der Waals surface area contributed by atoms with Crippen molar-refractivity contribution in [2.45, 2.75) is 52.4 Å². The maximum Gasteiger partial charge on any atom is 0.266 e. The molecule has 1 fully saturated rings. The van der Waals surface area contributed by atoms with Gasteiger partial charge in [-0.3, -0.25) is 9.69 Å². The second-order valence-electron chi connectivity index (χ2n) is 6.91. The van der Waals surface area contributed by atoms with Crippen LogP contribution in [0.25, 0.3) is 6.08 Å². The van der Waals surface area contributed by atoms with Gasteiger partial charge in [-0.15, -0.1) is 0 Å². The second-order valence-corrected chi connectivity index (χ2v) is 8.59. The van der Waals surface area contributed by atoms with E-state index in [-0.39, 0.29) is 11.3 Å². The maximum absolute atomic E-state index is 12.5. The lowest BCUT2D eigenvalue weighted by atomic mass is 9.87. The van der Waals surface area contributed by atoms with Crippen LogP contribution in [0.15, 0.2) is 29.2 Å². The molecule has 2 nitrogen and oxygen atoms in total. The smallest absolute Gasteiger partial charge is 0.266 e. The van der Waals surface area contributed by atoms with Crippen LogP contribution in [-0.4, -0.2) is 21.7 Å². The highest BCUT2D eigenvalue weighted by atomic mass is 32.2. The van der Waals surface area contributed by atoms with Crippen molar-refractivity contribution >= 4 is 40.3 Å². The molecule has 1 heterocycles. The van der Waals surface area contributed by atoms with Crippen LogP contribution in [0.3, 0.4) is 0 Å². The minimum atomic E-state index is 0.0519. The van der Waals surface area contributed by atoms with Crippen LogP contribution >= 0.6 is 24.0 Å². The minimum Gasteiger partial charge on any atom is -0.293 e. The molecule has 0 atom stereocenters. The number of benzene rings is 1. The van der Waals surface area contributed by atoms with Gasteiger partial charge >= 0.3 is 0 Å². The average Bonchev–Trinajstić information content (AvgIpc) is 2.74. The number of rotatable bonds is 5. The maximum atomic E-state index is 12.5. The summed E-state index contributed by atoms with van der Waals surface area (Å²) in [5.74, 6) is 0.0519.